The number of hydrogen-bond acceptors (Lipinski definition) is 3. The predicted octanol–water partition coefficient (Wildman–Crippen LogP) is 2.93. The molecule has 0 aliphatic heterocycles. The van der Waals surface area contributed by atoms with E-state index in [4.69, 9.17) is 16.7 Å². The second-order valence-corrected chi connectivity index (χ2v) is 4.82. The Balaban J connectivity index is 2.12. The van der Waals surface area contributed by atoms with Crippen LogP contribution in [0.15, 0.2) is 42.5 Å². The Labute approximate surface area is 125 Å². The van der Waals surface area contributed by atoms with E-state index in [1.807, 2.05) is 0 Å². The van der Waals surface area contributed by atoms with Crippen LogP contribution in [-0.4, -0.2) is 22.1 Å². The largest absolute Gasteiger partial charge is 0.508 e. The summed E-state index contributed by atoms with van der Waals surface area (Å²) in [4.78, 5) is 23.0. The molecule has 0 aliphatic rings. The van der Waals surface area contributed by atoms with Crippen LogP contribution in [0.3, 0.4) is 0 Å². The minimum Gasteiger partial charge on any atom is -0.508 e. The number of aromatic carboxylic acids is 1. The summed E-state index contributed by atoms with van der Waals surface area (Å²) in [7, 11) is 0. The fourth-order valence-electron chi connectivity index (χ4n) is 1.80. The van der Waals surface area contributed by atoms with E-state index in [9.17, 15) is 14.7 Å². The number of anilines is 1. The summed E-state index contributed by atoms with van der Waals surface area (Å²) in [5.74, 6) is -1.41. The molecule has 108 valence electrons. The number of nitrogens with one attached hydrogen (secondary N) is 1. The van der Waals surface area contributed by atoms with Gasteiger partial charge in [0.1, 0.15) is 5.75 Å². The van der Waals surface area contributed by atoms with Crippen LogP contribution in [0, 0.1) is 0 Å². The molecule has 0 bridgehead atoms. The summed E-state index contributed by atoms with van der Waals surface area (Å²) in [6.45, 7) is 0. The highest BCUT2D eigenvalue weighted by molar-refractivity contribution is 6.31. The highest BCUT2D eigenvalue weighted by Crippen LogP contribution is 2.21. The first kappa shape index (κ1) is 14.9. The third kappa shape index (κ3) is 3.97. The van der Waals surface area contributed by atoms with Gasteiger partial charge in [-0.1, -0.05) is 23.7 Å². The van der Waals surface area contributed by atoms with Crippen molar-refractivity contribution in [1.82, 2.24) is 0 Å². The molecule has 0 spiro atoms. The molecule has 0 heterocycles. The van der Waals surface area contributed by atoms with Crippen LogP contribution in [0.4, 0.5) is 5.69 Å². The number of phenols is 1. The second-order valence-electron chi connectivity index (χ2n) is 4.39. The van der Waals surface area contributed by atoms with Gasteiger partial charge in [-0.2, -0.15) is 0 Å². The van der Waals surface area contributed by atoms with Gasteiger partial charge in [-0.3, -0.25) is 4.79 Å². The maximum atomic E-state index is 11.9. The monoisotopic (exact) mass is 305 g/mol. The first-order chi connectivity index (χ1) is 9.95. The van der Waals surface area contributed by atoms with Crippen LogP contribution in [0.5, 0.6) is 5.75 Å². The lowest BCUT2D eigenvalue weighted by Gasteiger charge is -2.09. The Morgan fingerprint density at radius 2 is 1.76 bits per heavy atom. The van der Waals surface area contributed by atoms with Gasteiger partial charge in [-0.05, 0) is 35.9 Å². The summed E-state index contributed by atoms with van der Waals surface area (Å²) in [6, 6.07) is 10.4. The lowest BCUT2D eigenvalue weighted by molar-refractivity contribution is -0.115. The lowest BCUT2D eigenvalue weighted by Crippen LogP contribution is -2.16. The first-order valence-corrected chi connectivity index (χ1v) is 6.44. The average molecular weight is 306 g/mol. The smallest absolute Gasteiger partial charge is 0.337 e. The number of carboxylic acid groups (broad SMARTS) is 1. The van der Waals surface area contributed by atoms with Gasteiger partial charge < -0.3 is 15.5 Å². The van der Waals surface area contributed by atoms with Crippen molar-refractivity contribution in [2.24, 2.45) is 0 Å². The van der Waals surface area contributed by atoms with E-state index in [0.29, 0.717) is 5.56 Å². The maximum Gasteiger partial charge on any atom is 0.337 e. The van der Waals surface area contributed by atoms with E-state index in [1.165, 1.54) is 30.3 Å². The summed E-state index contributed by atoms with van der Waals surface area (Å²) >= 11 is 5.74. The molecule has 2 aromatic rings. The van der Waals surface area contributed by atoms with E-state index < -0.39 is 5.97 Å². The molecule has 3 N–H and O–H groups in total. The maximum absolute atomic E-state index is 11.9. The van der Waals surface area contributed by atoms with Crippen LogP contribution in [0.2, 0.25) is 5.02 Å². The zero-order chi connectivity index (χ0) is 15.4. The van der Waals surface area contributed by atoms with Gasteiger partial charge >= 0.3 is 5.97 Å². The quantitative estimate of drug-likeness (QED) is 0.810. The minimum absolute atomic E-state index is 0.0680. The van der Waals surface area contributed by atoms with Gasteiger partial charge in [-0.15, -0.1) is 0 Å². The fraction of sp³-hybridized carbons (Fsp3) is 0.0667. The summed E-state index contributed by atoms with van der Waals surface area (Å²) in [6.07, 6.45) is 0.0714. The van der Waals surface area contributed by atoms with E-state index in [1.54, 1.807) is 12.1 Å². The number of aromatic hydroxyl groups is 1. The Morgan fingerprint density at radius 1 is 1.10 bits per heavy atom. The van der Waals surface area contributed by atoms with Crippen molar-refractivity contribution in [2.75, 3.05) is 5.32 Å². The number of benzene rings is 2. The van der Waals surface area contributed by atoms with Crippen molar-refractivity contribution in [2.45, 2.75) is 6.42 Å². The number of hydrogen-bond donors (Lipinski definition) is 3. The molecule has 0 saturated carbocycles. The van der Waals surface area contributed by atoms with Crippen LogP contribution < -0.4 is 5.32 Å². The van der Waals surface area contributed by atoms with E-state index in [0.717, 1.165) is 0 Å². The van der Waals surface area contributed by atoms with Crippen molar-refractivity contribution >= 4 is 29.2 Å². The predicted molar refractivity (Wildman–Crippen MR) is 78.9 cm³/mol. The Morgan fingerprint density at radius 3 is 2.38 bits per heavy atom. The number of carbonyl (C=O) groups excluding carboxylic acids is 1. The Hall–Kier alpha value is -2.53. The van der Waals surface area contributed by atoms with Gasteiger partial charge in [0.15, 0.2) is 0 Å². The number of rotatable bonds is 4. The molecule has 2 aromatic carbocycles. The molecular formula is C15H12ClNO4. The molecule has 5 nitrogen and oxygen atoms in total. The third-order valence-corrected chi connectivity index (χ3v) is 3.02. The molecule has 0 aliphatic carbocycles. The van der Waals surface area contributed by atoms with Crippen LogP contribution in [0.1, 0.15) is 15.9 Å². The van der Waals surface area contributed by atoms with Gasteiger partial charge in [0.25, 0.3) is 0 Å². The van der Waals surface area contributed by atoms with Gasteiger partial charge in [0.2, 0.25) is 5.91 Å². The molecule has 0 atom stereocenters. The number of carbonyl (C=O) groups is 2. The van der Waals surface area contributed by atoms with Crippen molar-refractivity contribution in [3.63, 3.8) is 0 Å². The molecule has 6 heteroatoms. The third-order valence-electron chi connectivity index (χ3n) is 2.79. The zero-order valence-corrected chi connectivity index (χ0v) is 11.6. The first-order valence-electron chi connectivity index (χ1n) is 6.06. The highest BCUT2D eigenvalue weighted by atomic mass is 35.5. The van der Waals surface area contributed by atoms with Crippen molar-refractivity contribution in [1.29, 1.82) is 0 Å². The molecule has 1 amide bonds. The molecule has 0 radical (unpaired) electrons. The standard InChI is InChI=1S/C15H12ClNO4/c16-10-3-6-13(12(8-10)15(20)21)17-14(19)7-9-1-4-11(18)5-2-9/h1-6,8,18H,7H2,(H,17,19)(H,20,21). The molecular weight excluding hydrogens is 294 g/mol. The number of carboxylic acids is 1. The van der Waals surface area contributed by atoms with Crippen LogP contribution >= 0.6 is 11.6 Å². The topological polar surface area (TPSA) is 86.6 Å². The fourth-order valence-corrected chi connectivity index (χ4v) is 1.97. The number of amides is 1. The summed E-state index contributed by atoms with van der Waals surface area (Å²) in [5, 5.41) is 21.1. The van der Waals surface area contributed by atoms with Crippen molar-refractivity contribution in [3.8, 4) is 5.75 Å². The zero-order valence-electron chi connectivity index (χ0n) is 10.8. The Kier molecular flexibility index (Phi) is 4.45. The molecule has 21 heavy (non-hydrogen) atoms. The van der Waals surface area contributed by atoms with Gasteiger partial charge in [0, 0.05) is 5.02 Å². The molecule has 0 aromatic heterocycles. The Bertz CT molecular complexity index is 683. The van der Waals surface area contributed by atoms with Crippen LogP contribution in [0.25, 0.3) is 0 Å². The van der Waals surface area contributed by atoms with Gasteiger partial charge in [0.05, 0.1) is 17.7 Å². The lowest BCUT2D eigenvalue weighted by atomic mass is 10.1. The second kappa shape index (κ2) is 6.28. The highest BCUT2D eigenvalue weighted by Gasteiger charge is 2.13. The van der Waals surface area contributed by atoms with Crippen molar-refractivity contribution in [3.05, 3.63) is 58.6 Å². The van der Waals surface area contributed by atoms with Gasteiger partial charge in [-0.25, -0.2) is 4.79 Å². The molecule has 0 fully saturated rings. The number of halogens is 1. The van der Waals surface area contributed by atoms with E-state index in [2.05, 4.69) is 5.32 Å². The minimum atomic E-state index is -1.17. The normalized spacial score (nSPS) is 10.1. The SMILES string of the molecule is O=C(Cc1ccc(O)cc1)Nc1ccc(Cl)cc1C(=O)O. The molecule has 0 saturated heterocycles. The summed E-state index contributed by atoms with van der Waals surface area (Å²) < 4.78 is 0. The van der Waals surface area contributed by atoms with E-state index >= 15 is 0 Å². The molecule has 0 unspecified atom stereocenters. The van der Waals surface area contributed by atoms with E-state index in [-0.39, 0.29) is 34.4 Å². The van der Waals surface area contributed by atoms with Crippen molar-refractivity contribution < 1.29 is 19.8 Å². The summed E-state index contributed by atoms with van der Waals surface area (Å²) in [5.41, 5.74) is 0.827. The molecule has 2 rings (SSSR count). The average Bonchev–Trinajstić information content (AvgIpc) is 2.43. The number of phenolic OH excluding ortho intramolecular Hbond substituents is 1. The van der Waals surface area contributed by atoms with Crippen LogP contribution in [-0.2, 0) is 11.2 Å².